The Morgan fingerprint density at radius 1 is 1.06 bits per heavy atom. The van der Waals surface area contributed by atoms with Gasteiger partial charge in [0.15, 0.2) is 6.61 Å². The molecule has 4 rings (SSSR count). The summed E-state index contributed by atoms with van der Waals surface area (Å²) in [5.41, 5.74) is 4.47. The number of aromatic nitrogens is 2. The highest BCUT2D eigenvalue weighted by molar-refractivity contribution is 5.94. The molecule has 0 bridgehead atoms. The third-order valence-electron chi connectivity index (χ3n) is 5.05. The minimum Gasteiger partial charge on any atom is -0.495 e. The van der Waals surface area contributed by atoms with Gasteiger partial charge >= 0.3 is 0 Å². The van der Waals surface area contributed by atoms with E-state index in [9.17, 15) is 4.79 Å². The second-order valence-electron chi connectivity index (χ2n) is 7.58. The molecule has 0 unspecified atom stereocenters. The lowest BCUT2D eigenvalue weighted by Gasteiger charge is -2.12. The molecule has 0 aliphatic carbocycles. The summed E-state index contributed by atoms with van der Waals surface area (Å²) in [5, 5.41) is 2.87. The number of methoxy groups -OCH3 is 1. The van der Waals surface area contributed by atoms with Crippen molar-refractivity contribution in [1.82, 2.24) is 9.97 Å². The number of nitrogens with one attached hydrogen (secondary N) is 2. The van der Waals surface area contributed by atoms with Gasteiger partial charge in [0, 0.05) is 5.56 Å². The summed E-state index contributed by atoms with van der Waals surface area (Å²) in [7, 11) is 1.57. The first-order valence-corrected chi connectivity index (χ1v) is 10.2. The molecule has 1 heterocycles. The van der Waals surface area contributed by atoms with Crippen molar-refractivity contribution in [2.24, 2.45) is 0 Å². The van der Waals surface area contributed by atoms with E-state index in [1.165, 1.54) is 5.56 Å². The molecule has 4 aromatic rings. The number of nitrogens with zero attached hydrogens (tertiary/aromatic N) is 1. The second kappa shape index (κ2) is 8.92. The number of carbonyl (C=O) groups excluding carboxylic acids is 1. The first kappa shape index (κ1) is 20.5. The lowest BCUT2D eigenvalue weighted by molar-refractivity contribution is -0.118. The maximum atomic E-state index is 12.5. The number of rotatable bonds is 7. The normalized spacial score (nSPS) is 11.0. The van der Waals surface area contributed by atoms with Crippen molar-refractivity contribution >= 4 is 22.6 Å². The van der Waals surface area contributed by atoms with E-state index in [-0.39, 0.29) is 12.5 Å². The zero-order valence-electron chi connectivity index (χ0n) is 17.8. The van der Waals surface area contributed by atoms with Crippen molar-refractivity contribution in [2.75, 3.05) is 19.0 Å². The van der Waals surface area contributed by atoms with Crippen LogP contribution >= 0.6 is 0 Å². The SMILES string of the molecule is COc1ccc(-c2nc3ccccc3[nH]2)cc1NC(=O)COc1ccc(C(C)C)cc1. The molecule has 31 heavy (non-hydrogen) atoms. The number of imidazole rings is 1. The van der Waals surface area contributed by atoms with Crippen molar-refractivity contribution < 1.29 is 14.3 Å². The summed E-state index contributed by atoms with van der Waals surface area (Å²) in [6.45, 7) is 4.17. The van der Waals surface area contributed by atoms with Crippen LogP contribution in [0.2, 0.25) is 0 Å². The van der Waals surface area contributed by atoms with E-state index < -0.39 is 0 Å². The largest absolute Gasteiger partial charge is 0.495 e. The molecule has 0 saturated heterocycles. The molecule has 2 N–H and O–H groups in total. The van der Waals surface area contributed by atoms with Crippen molar-refractivity contribution in [3.8, 4) is 22.9 Å². The average molecular weight is 415 g/mol. The van der Waals surface area contributed by atoms with Crippen molar-refractivity contribution in [1.29, 1.82) is 0 Å². The Kier molecular flexibility index (Phi) is 5.89. The predicted molar refractivity (Wildman–Crippen MR) is 123 cm³/mol. The molecule has 158 valence electrons. The van der Waals surface area contributed by atoms with E-state index in [2.05, 4.69) is 29.1 Å². The van der Waals surface area contributed by atoms with Crippen molar-refractivity contribution in [3.63, 3.8) is 0 Å². The Labute approximate surface area is 181 Å². The molecule has 0 fully saturated rings. The summed E-state index contributed by atoms with van der Waals surface area (Å²) in [4.78, 5) is 20.4. The topological polar surface area (TPSA) is 76.2 Å². The van der Waals surface area contributed by atoms with E-state index in [1.54, 1.807) is 7.11 Å². The lowest BCUT2D eigenvalue weighted by Crippen LogP contribution is -2.20. The molecule has 0 aliphatic rings. The smallest absolute Gasteiger partial charge is 0.262 e. The van der Waals surface area contributed by atoms with Crippen LogP contribution < -0.4 is 14.8 Å². The zero-order chi connectivity index (χ0) is 21.8. The first-order chi connectivity index (χ1) is 15.0. The Morgan fingerprint density at radius 3 is 2.55 bits per heavy atom. The van der Waals surface area contributed by atoms with Gasteiger partial charge in [0.2, 0.25) is 0 Å². The summed E-state index contributed by atoms with van der Waals surface area (Å²) in [6.07, 6.45) is 0. The molecule has 1 amide bonds. The highest BCUT2D eigenvalue weighted by Crippen LogP contribution is 2.30. The Balaban J connectivity index is 1.47. The van der Waals surface area contributed by atoms with Crippen molar-refractivity contribution in [2.45, 2.75) is 19.8 Å². The van der Waals surface area contributed by atoms with Crippen LogP contribution in [0.4, 0.5) is 5.69 Å². The second-order valence-corrected chi connectivity index (χ2v) is 7.58. The summed E-state index contributed by atoms with van der Waals surface area (Å²) < 4.78 is 11.0. The maximum absolute atomic E-state index is 12.5. The van der Waals surface area contributed by atoms with Gasteiger partial charge in [-0.1, -0.05) is 38.1 Å². The van der Waals surface area contributed by atoms with Crippen LogP contribution in [0.25, 0.3) is 22.4 Å². The van der Waals surface area contributed by atoms with Crippen LogP contribution in [0.15, 0.2) is 66.7 Å². The number of aromatic amines is 1. The molecule has 1 aromatic heterocycles. The predicted octanol–water partition coefficient (Wildman–Crippen LogP) is 5.38. The van der Waals surface area contributed by atoms with Gasteiger partial charge in [-0.2, -0.15) is 0 Å². The molecule has 6 heteroatoms. The molecular formula is C25H25N3O3. The molecule has 0 radical (unpaired) electrons. The molecular weight excluding hydrogens is 390 g/mol. The fourth-order valence-corrected chi connectivity index (χ4v) is 3.33. The van der Waals surface area contributed by atoms with Gasteiger partial charge in [0.1, 0.15) is 17.3 Å². The summed E-state index contributed by atoms with van der Waals surface area (Å²) in [5.74, 6) is 2.12. The summed E-state index contributed by atoms with van der Waals surface area (Å²) >= 11 is 0. The number of benzene rings is 3. The number of hydrogen-bond donors (Lipinski definition) is 2. The zero-order valence-corrected chi connectivity index (χ0v) is 17.8. The Hall–Kier alpha value is -3.80. The van der Waals surface area contributed by atoms with Crippen LogP contribution in [-0.2, 0) is 4.79 Å². The average Bonchev–Trinajstić information content (AvgIpc) is 3.22. The van der Waals surface area contributed by atoms with Gasteiger partial charge in [-0.05, 0) is 53.9 Å². The fraction of sp³-hybridized carbons (Fsp3) is 0.200. The molecule has 3 aromatic carbocycles. The molecule has 0 aliphatic heterocycles. The van der Waals surface area contributed by atoms with Gasteiger partial charge < -0.3 is 19.8 Å². The van der Waals surface area contributed by atoms with Crippen LogP contribution in [0.3, 0.4) is 0 Å². The van der Waals surface area contributed by atoms with Gasteiger partial charge in [-0.3, -0.25) is 4.79 Å². The van der Waals surface area contributed by atoms with E-state index in [0.717, 1.165) is 22.4 Å². The Bertz CT molecular complexity index is 1160. The monoisotopic (exact) mass is 415 g/mol. The molecule has 0 spiro atoms. The quantitative estimate of drug-likeness (QED) is 0.425. The number of fused-ring (bicyclic) bond motifs is 1. The third kappa shape index (κ3) is 4.69. The third-order valence-corrected chi connectivity index (χ3v) is 5.05. The number of ether oxygens (including phenoxy) is 2. The number of para-hydroxylation sites is 2. The minimum atomic E-state index is -0.270. The highest BCUT2D eigenvalue weighted by atomic mass is 16.5. The van der Waals surface area contributed by atoms with Crippen LogP contribution in [0.5, 0.6) is 11.5 Å². The van der Waals surface area contributed by atoms with Crippen LogP contribution in [0.1, 0.15) is 25.3 Å². The Morgan fingerprint density at radius 2 is 1.84 bits per heavy atom. The van der Waals surface area contributed by atoms with E-state index >= 15 is 0 Å². The minimum absolute atomic E-state index is 0.0982. The fourth-order valence-electron chi connectivity index (χ4n) is 3.33. The van der Waals surface area contributed by atoms with Gasteiger partial charge in [0.25, 0.3) is 5.91 Å². The van der Waals surface area contributed by atoms with Crippen molar-refractivity contribution in [3.05, 3.63) is 72.3 Å². The first-order valence-electron chi connectivity index (χ1n) is 10.2. The number of anilines is 1. The van der Waals surface area contributed by atoms with E-state index in [0.29, 0.717) is 23.1 Å². The standard InChI is InChI=1S/C25H25N3O3/c1-16(2)17-8-11-19(12-9-17)31-15-24(29)26-22-14-18(10-13-23(22)30-3)25-27-20-6-4-5-7-21(20)28-25/h4-14,16H,15H2,1-3H3,(H,26,29)(H,27,28). The molecule has 6 nitrogen and oxygen atoms in total. The lowest BCUT2D eigenvalue weighted by atomic mass is 10.0. The van der Waals surface area contributed by atoms with Crippen LogP contribution in [0, 0.1) is 0 Å². The van der Waals surface area contributed by atoms with E-state index in [1.807, 2.05) is 66.7 Å². The number of amides is 1. The number of H-pyrrole nitrogens is 1. The number of carbonyl (C=O) groups is 1. The molecule has 0 atom stereocenters. The van der Waals surface area contributed by atoms with Gasteiger partial charge in [0.05, 0.1) is 23.8 Å². The number of hydrogen-bond acceptors (Lipinski definition) is 4. The summed E-state index contributed by atoms with van der Waals surface area (Å²) in [6, 6.07) is 21.2. The van der Waals surface area contributed by atoms with E-state index in [4.69, 9.17) is 9.47 Å². The van der Waals surface area contributed by atoms with Gasteiger partial charge in [-0.15, -0.1) is 0 Å². The van der Waals surface area contributed by atoms with Gasteiger partial charge in [-0.25, -0.2) is 4.98 Å². The highest BCUT2D eigenvalue weighted by Gasteiger charge is 2.12. The van der Waals surface area contributed by atoms with Crippen LogP contribution in [-0.4, -0.2) is 29.6 Å². The maximum Gasteiger partial charge on any atom is 0.262 e. The molecule has 0 saturated carbocycles.